The summed E-state index contributed by atoms with van der Waals surface area (Å²) in [4.78, 5) is 14.7. The number of anilines is 1. The molecule has 1 saturated heterocycles. The van der Waals surface area contributed by atoms with Crippen LogP contribution in [0.15, 0.2) is 0 Å². The maximum absolute atomic E-state index is 9.65. The van der Waals surface area contributed by atoms with Crippen molar-refractivity contribution in [1.29, 1.82) is 0 Å². The van der Waals surface area contributed by atoms with Crippen LogP contribution in [0.25, 0.3) is 10.2 Å². The molecule has 2 aromatic heterocycles. The maximum atomic E-state index is 9.65. The average Bonchev–Trinajstić information content (AvgIpc) is 3.05. The van der Waals surface area contributed by atoms with Crippen LogP contribution in [0.1, 0.15) is 42.5 Å². The van der Waals surface area contributed by atoms with E-state index in [9.17, 15) is 5.11 Å². The van der Waals surface area contributed by atoms with Gasteiger partial charge in [-0.15, -0.1) is 11.3 Å². The highest BCUT2D eigenvalue weighted by molar-refractivity contribution is 7.19. The highest BCUT2D eigenvalue weighted by atomic mass is 32.1. The van der Waals surface area contributed by atoms with E-state index in [1.54, 1.807) is 0 Å². The van der Waals surface area contributed by atoms with E-state index >= 15 is 0 Å². The van der Waals surface area contributed by atoms with Crippen molar-refractivity contribution in [2.24, 2.45) is 0 Å². The Hall–Kier alpha value is -1.28. The van der Waals surface area contributed by atoms with Crippen molar-refractivity contribution >= 4 is 27.4 Å². The molecule has 0 radical (unpaired) electrons. The van der Waals surface area contributed by atoms with Gasteiger partial charge in [-0.2, -0.15) is 0 Å². The van der Waals surface area contributed by atoms with Crippen molar-refractivity contribution in [3.05, 3.63) is 16.3 Å². The fraction of sp³-hybridized carbons (Fsp3) is 0.684. The number of aliphatic hydroxyl groups is 1. The third-order valence-corrected chi connectivity index (χ3v) is 6.57. The number of fused-ring (bicyclic) bond motifs is 3. The Morgan fingerprint density at radius 2 is 2.04 bits per heavy atom. The molecular weight excluding hydrogens is 348 g/mol. The zero-order valence-corrected chi connectivity index (χ0v) is 16.3. The van der Waals surface area contributed by atoms with Gasteiger partial charge in [-0.3, -0.25) is 4.90 Å². The first-order chi connectivity index (χ1) is 12.8. The second-order valence-electron chi connectivity index (χ2n) is 7.20. The Bertz CT molecular complexity index is 754. The first-order valence-corrected chi connectivity index (χ1v) is 10.6. The summed E-state index contributed by atoms with van der Waals surface area (Å²) in [5.74, 6) is 1.78. The Labute approximate surface area is 158 Å². The molecule has 0 spiro atoms. The molecule has 1 aliphatic heterocycles. The summed E-state index contributed by atoms with van der Waals surface area (Å²) < 4.78 is 5.45. The van der Waals surface area contributed by atoms with Crippen LogP contribution < -0.4 is 5.32 Å². The Morgan fingerprint density at radius 3 is 2.81 bits per heavy atom. The molecule has 0 saturated carbocycles. The molecule has 4 rings (SSSR count). The lowest BCUT2D eigenvalue weighted by atomic mass is 9.97. The highest BCUT2D eigenvalue weighted by Crippen LogP contribution is 2.39. The van der Waals surface area contributed by atoms with Crippen molar-refractivity contribution in [3.63, 3.8) is 0 Å². The molecule has 0 amide bonds. The Balaban J connectivity index is 1.71. The van der Waals surface area contributed by atoms with E-state index in [2.05, 4.69) is 17.1 Å². The number of hydrogen-bond acceptors (Lipinski definition) is 7. The van der Waals surface area contributed by atoms with Crippen LogP contribution in [0.4, 0.5) is 5.82 Å². The van der Waals surface area contributed by atoms with Gasteiger partial charge in [-0.25, -0.2) is 9.97 Å². The lowest BCUT2D eigenvalue weighted by Crippen LogP contribution is -2.36. The number of morpholine rings is 1. The third-order valence-electron chi connectivity index (χ3n) is 5.38. The van der Waals surface area contributed by atoms with Crippen LogP contribution >= 0.6 is 11.3 Å². The van der Waals surface area contributed by atoms with Crippen molar-refractivity contribution in [3.8, 4) is 0 Å². The number of aliphatic hydroxyl groups excluding tert-OH is 1. The minimum absolute atomic E-state index is 0.0310. The number of ether oxygens (including phenoxy) is 1. The monoisotopic (exact) mass is 376 g/mol. The van der Waals surface area contributed by atoms with Gasteiger partial charge in [0.1, 0.15) is 16.5 Å². The van der Waals surface area contributed by atoms with Crippen molar-refractivity contribution < 1.29 is 9.84 Å². The number of aryl methyl sites for hydroxylation is 2. The van der Waals surface area contributed by atoms with Gasteiger partial charge in [0.05, 0.1) is 37.8 Å². The maximum Gasteiger partial charge on any atom is 0.146 e. The molecule has 1 aliphatic carbocycles. The molecule has 26 heavy (non-hydrogen) atoms. The average molecular weight is 377 g/mol. The molecule has 0 bridgehead atoms. The lowest BCUT2D eigenvalue weighted by molar-refractivity contribution is 0.0331. The zero-order chi connectivity index (χ0) is 17.9. The largest absolute Gasteiger partial charge is 0.394 e. The van der Waals surface area contributed by atoms with Gasteiger partial charge in [0.2, 0.25) is 0 Å². The van der Waals surface area contributed by atoms with E-state index in [-0.39, 0.29) is 12.6 Å². The molecule has 2 aromatic rings. The quantitative estimate of drug-likeness (QED) is 0.808. The normalized spacial score (nSPS) is 19.5. The smallest absolute Gasteiger partial charge is 0.146 e. The standard InChI is InChI=1S/C19H28N4O2S/c1-2-13(12-24)20-18-17-14-5-3-4-6-15(14)26-19(17)22-16(21-18)11-23-7-9-25-10-8-23/h13,24H,2-12H2,1H3,(H,20,21,22)/t13-/m0/s1. The predicted octanol–water partition coefficient (Wildman–Crippen LogP) is 2.59. The molecule has 142 valence electrons. The number of hydrogen-bond donors (Lipinski definition) is 2. The minimum atomic E-state index is 0.0310. The van der Waals surface area contributed by atoms with E-state index in [0.717, 1.165) is 68.6 Å². The summed E-state index contributed by atoms with van der Waals surface area (Å²) in [5, 5.41) is 14.3. The van der Waals surface area contributed by atoms with Gasteiger partial charge in [-0.05, 0) is 37.7 Å². The first-order valence-electron chi connectivity index (χ1n) is 9.77. The molecule has 6 nitrogen and oxygen atoms in total. The van der Waals surface area contributed by atoms with Crippen molar-refractivity contribution in [2.75, 3.05) is 38.2 Å². The second kappa shape index (κ2) is 8.17. The SMILES string of the molecule is CC[C@@H](CO)Nc1nc(CN2CCOCC2)nc2sc3c(c12)CCCC3. The van der Waals surface area contributed by atoms with Gasteiger partial charge < -0.3 is 15.2 Å². The summed E-state index contributed by atoms with van der Waals surface area (Å²) in [6.07, 6.45) is 5.65. The topological polar surface area (TPSA) is 70.5 Å². The summed E-state index contributed by atoms with van der Waals surface area (Å²) in [5.41, 5.74) is 1.43. The molecule has 2 aliphatic rings. The third kappa shape index (κ3) is 3.71. The second-order valence-corrected chi connectivity index (χ2v) is 8.28. The van der Waals surface area contributed by atoms with Crippen LogP contribution in [0.5, 0.6) is 0 Å². The number of thiophene rings is 1. The predicted molar refractivity (Wildman–Crippen MR) is 105 cm³/mol. The summed E-state index contributed by atoms with van der Waals surface area (Å²) in [6, 6.07) is 0.0310. The molecule has 1 fully saturated rings. The summed E-state index contributed by atoms with van der Waals surface area (Å²) >= 11 is 1.84. The van der Waals surface area contributed by atoms with E-state index in [4.69, 9.17) is 14.7 Å². The first kappa shape index (κ1) is 18.1. The molecule has 2 N–H and O–H groups in total. The molecule has 7 heteroatoms. The molecular formula is C19H28N4O2S. The fourth-order valence-electron chi connectivity index (χ4n) is 3.81. The van der Waals surface area contributed by atoms with Gasteiger partial charge in [0, 0.05) is 18.0 Å². The zero-order valence-electron chi connectivity index (χ0n) is 15.5. The number of rotatable bonds is 6. The van der Waals surface area contributed by atoms with Gasteiger partial charge in [0.15, 0.2) is 0 Å². The van der Waals surface area contributed by atoms with Crippen LogP contribution in [-0.2, 0) is 24.1 Å². The molecule has 3 heterocycles. The summed E-state index contributed by atoms with van der Waals surface area (Å²) in [7, 11) is 0. The number of nitrogens with zero attached hydrogens (tertiary/aromatic N) is 3. The number of aromatic nitrogens is 2. The van der Waals surface area contributed by atoms with E-state index in [1.807, 2.05) is 11.3 Å². The Kier molecular flexibility index (Phi) is 5.69. The lowest BCUT2D eigenvalue weighted by Gasteiger charge is -2.26. The Morgan fingerprint density at radius 1 is 1.23 bits per heavy atom. The van der Waals surface area contributed by atoms with Crippen molar-refractivity contribution in [1.82, 2.24) is 14.9 Å². The highest BCUT2D eigenvalue weighted by Gasteiger charge is 2.23. The van der Waals surface area contributed by atoms with Crippen LogP contribution in [0.2, 0.25) is 0 Å². The van der Waals surface area contributed by atoms with Crippen molar-refractivity contribution in [2.45, 2.75) is 51.6 Å². The van der Waals surface area contributed by atoms with Gasteiger partial charge >= 0.3 is 0 Å². The van der Waals surface area contributed by atoms with E-state index < -0.39 is 0 Å². The van der Waals surface area contributed by atoms with E-state index in [1.165, 1.54) is 28.7 Å². The van der Waals surface area contributed by atoms with Gasteiger partial charge in [-0.1, -0.05) is 6.92 Å². The fourth-order valence-corrected chi connectivity index (χ4v) is 5.09. The molecule has 1 atom stereocenters. The van der Waals surface area contributed by atoms with E-state index in [0.29, 0.717) is 0 Å². The van der Waals surface area contributed by atoms with Crippen LogP contribution in [0.3, 0.4) is 0 Å². The molecule has 0 aromatic carbocycles. The van der Waals surface area contributed by atoms with Crippen LogP contribution in [-0.4, -0.2) is 58.9 Å². The van der Waals surface area contributed by atoms with Crippen LogP contribution in [0, 0.1) is 0 Å². The van der Waals surface area contributed by atoms with Gasteiger partial charge in [0.25, 0.3) is 0 Å². The minimum Gasteiger partial charge on any atom is -0.394 e. The molecule has 0 unspecified atom stereocenters. The summed E-state index contributed by atoms with van der Waals surface area (Å²) in [6.45, 7) is 6.38. The number of nitrogens with one attached hydrogen (secondary N) is 1.